The summed E-state index contributed by atoms with van der Waals surface area (Å²) in [5.74, 6) is -0.0929. The molecular weight excluding hydrogens is 322 g/mol. The van der Waals surface area contributed by atoms with Crippen molar-refractivity contribution in [1.29, 1.82) is 0 Å². The Morgan fingerprint density at radius 2 is 2.00 bits per heavy atom. The summed E-state index contributed by atoms with van der Waals surface area (Å²) in [4.78, 5) is 25.1. The topological polar surface area (TPSA) is 57.6 Å². The Bertz CT molecular complexity index is 535. The molecule has 1 N–H and O–H groups in total. The van der Waals surface area contributed by atoms with Gasteiger partial charge in [-0.1, -0.05) is 23.7 Å². The summed E-state index contributed by atoms with van der Waals surface area (Å²) in [5, 5.41) is 9.82. The Balaban J connectivity index is 1.82. The fourth-order valence-electron chi connectivity index (χ4n) is 2.58. The van der Waals surface area contributed by atoms with Crippen LogP contribution in [0.15, 0.2) is 24.3 Å². The van der Waals surface area contributed by atoms with Crippen LogP contribution in [0, 0.1) is 5.92 Å². The Labute approximate surface area is 139 Å². The Kier molecular flexibility index (Phi) is 6.15. The van der Waals surface area contributed by atoms with Crippen LogP contribution in [0.1, 0.15) is 25.3 Å². The van der Waals surface area contributed by atoms with E-state index in [1.54, 1.807) is 16.7 Å². The van der Waals surface area contributed by atoms with Crippen molar-refractivity contribution in [3.05, 3.63) is 34.9 Å². The Morgan fingerprint density at radius 1 is 1.32 bits per heavy atom. The van der Waals surface area contributed by atoms with Gasteiger partial charge in [0.1, 0.15) is 0 Å². The molecule has 0 spiro atoms. The average molecular weight is 342 g/mol. The fourth-order valence-corrected chi connectivity index (χ4v) is 3.57. The summed E-state index contributed by atoms with van der Waals surface area (Å²) in [6.07, 6.45) is 1.41. The fraction of sp³-hybridized carbons (Fsp3) is 0.500. The van der Waals surface area contributed by atoms with Crippen molar-refractivity contribution >= 4 is 35.2 Å². The minimum atomic E-state index is -0.807. The molecule has 2 rings (SSSR count). The second-order valence-electron chi connectivity index (χ2n) is 5.63. The molecule has 22 heavy (non-hydrogen) atoms. The normalized spacial score (nSPS) is 21.6. The van der Waals surface area contributed by atoms with Crippen molar-refractivity contribution in [2.24, 2.45) is 5.92 Å². The summed E-state index contributed by atoms with van der Waals surface area (Å²) in [6, 6.07) is 7.69. The van der Waals surface area contributed by atoms with Gasteiger partial charge in [-0.15, -0.1) is 11.8 Å². The van der Waals surface area contributed by atoms with Crippen molar-refractivity contribution in [3.8, 4) is 0 Å². The number of carboxylic acid groups (broad SMARTS) is 1. The molecule has 1 saturated heterocycles. The highest BCUT2D eigenvalue weighted by molar-refractivity contribution is 7.99. The third-order valence-electron chi connectivity index (χ3n) is 3.96. The number of amides is 1. The zero-order chi connectivity index (χ0) is 16.1. The summed E-state index contributed by atoms with van der Waals surface area (Å²) in [5.41, 5.74) is 1.12. The van der Waals surface area contributed by atoms with Crippen LogP contribution in [-0.4, -0.2) is 40.2 Å². The van der Waals surface area contributed by atoms with E-state index in [0.29, 0.717) is 23.7 Å². The molecule has 1 amide bonds. The van der Waals surface area contributed by atoms with Gasteiger partial charge in [0.05, 0.1) is 11.7 Å². The highest BCUT2D eigenvalue weighted by atomic mass is 35.5. The van der Waals surface area contributed by atoms with Gasteiger partial charge in [-0.2, -0.15) is 0 Å². The van der Waals surface area contributed by atoms with Crippen LogP contribution in [0.4, 0.5) is 0 Å². The standard InChI is InChI=1S/C16H20ClNO3S/c1-11-2-5-13(16(20)21)8-18(11)15(19)10-22-9-12-3-6-14(17)7-4-12/h3-4,6-7,11,13H,2,5,8-10H2,1H3,(H,20,21). The van der Waals surface area contributed by atoms with E-state index >= 15 is 0 Å². The summed E-state index contributed by atoms with van der Waals surface area (Å²) < 4.78 is 0. The van der Waals surface area contributed by atoms with E-state index in [4.69, 9.17) is 16.7 Å². The first kappa shape index (κ1) is 17.2. The maximum absolute atomic E-state index is 12.3. The molecule has 2 atom stereocenters. The van der Waals surface area contributed by atoms with Gasteiger partial charge in [0.15, 0.2) is 0 Å². The van der Waals surface area contributed by atoms with Gasteiger partial charge in [-0.3, -0.25) is 9.59 Å². The van der Waals surface area contributed by atoms with Crippen LogP contribution in [0.25, 0.3) is 0 Å². The first-order valence-corrected chi connectivity index (χ1v) is 8.85. The Morgan fingerprint density at radius 3 is 2.64 bits per heavy atom. The molecule has 6 heteroatoms. The van der Waals surface area contributed by atoms with Crippen LogP contribution in [0.3, 0.4) is 0 Å². The SMILES string of the molecule is CC1CCC(C(=O)O)CN1C(=O)CSCc1ccc(Cl)cc1. The highest BCUT2D eigenvalue weighted by Gasteiger charge is 2.32. The highest BCUT2D eigenvalue weighted by Crippen LogP contribution is 2.23. The van der Waals surface area contributed by atoms with Crippen molar-refractivity contribution in [3.63, 3.8) is 0 Å². The smallest absolute Gasteiger partial charge is 0.308 e. The van der Waals surface area contributed by atoms with Gasteiger partial charge in [0.25, 0.3) is 0 Å². The molecule has 1 aromatic carbocycles. The number of likely N-dealkylation sites (tertiary alicyclic amines) is 1. The first-order valence-electron chi connectivity index (χ1n) is 7.32. The van der Waals surface area contributed by atoms with Crippen LogP contribution >= 0.6 is 23.4 Å². The van der Waals surface area contributed by atoms with Crippen molar-refractivity contribution in [1.82, 2.24) is 4.90 Å². The Hall–Kier alpha value is -1.20. The molecule has 0 saturated carbocycles. The zero-order valence-electron chi connectivity index (χ0n) is 12.5. The monoisotopic (exact) mass is 341 g/mol. The molecule has 4 nitrogen and oxygen atoms in total. The van der Waals surface area contributed by atoms with E-state index < -0.39 is 11.9 Å². The minimum Gasteiger partial charge on any atom is -0.481 e. The van der Waals surface area contributed by atoms with Gasteiger partial charge in [0.2, 0.25) is 5.91 Å². The van der Waals surface area contributed by atoms with Crippen molar-refractivity contribution in [2.45, 2.75) is 31.6 Å². The maximum Gasteiger partial charge on any atom is 0.308 e. The molecule has 1 aliphatic rings. The quantitative estimate of drug-likeness (QED) is 0.892. The van der Waals surface area contributed by atoms with Gasteiger partial charge in [-0.25, -0.2) is 0 Å². The lowest BCUT2D eigenvalue weighted by Gasteiger charge is -2.36. The first-order chi connectivity index (χ1) is 10.5. The number of hydrogen-bond donors (Lipinski definition) is 1. The summed E-state index contributed by atoms with van der Waals surface area (Å²) in [7, 11) is 0. The van der Waals surface area contributed by atoms with Crippen LogP contribution in [0.2, 0.25) is 5.02 Å². The number of halogens is 1. The number of aliphatic carboxylic acids is 1. The molecular formula is C16H20ClNO3S. The molecule has 0 bridgehead atoms. The lowest BCUT2D eigenvalue weighted by molar-refractivity contribution is -0.146. The van der Waals surface area contributed by atoms with E-state index in [9.17, 15) is 9.59 Å². The number of piperidine rings is 1. The second-order valence-corrected chi connectivity index (χ2v) is 7.05. The number of rotatable bonds is 5. The van der Waals surface area contributed by atoms with E-state index in [-0.39, 0.29) is 11.9 Å². The number of carbonyl (C=O) groups is 2. The van der Waals surface area contributed by atoms with E-state index in [1.165, 1.54) is 0 Å². The second kappa shape index (κ2) is 7.88. The average Bonchev–Trinajstić information content (AvgIpc) is 2.49. The van der Waals surface area contributed by atoms with Gasteiger partial charge in [0, 0.05) is 23.4 Å². The molecule has 1 aliphatic heterocycles. The van der Waals surface area contributed by atoms with Gasteiger partial charge in [-0.05, 0) is 37.5 Å². The predicted molar refractivity (Wildman–Crippen MR) is 89.1 cm³/mol. The summed E-state index contributed by atoms with van der Waals surface area (Å²) in [6.45, 7) is 2.32. The van der Waals surface area contributed by atoms with E-state index in [1.807, 2.05) is 31.2 Å². The number of nitrogens with zero attached hydrogens (tertiary/aromatic N) is 1. The zero-order valence-corrected chi connectivity index (χ0v) is 14.1. The lowest BCUT2D eigenvalue weighted by Crippen LogP contribution is -2.48. The maximum atomic E-state index is 12.3. The number of benzene rings is 1. The molecule has 0 aliphatic carbocycles. The summed E-state index contributed by atoms with van der Waals surface area (Å²) >= 11 is 7.38. The van der Waals surface area contributed by atoms with Crippen LogP contribution in [-0.2, 0) is 15.3 Å². The predicted octanol–water partition coefficient (Wildman–Crippen LogP) is 3.28. The molecule has 1 aromatic rings. The van der Waals surface area contributed by atoms with Crippen LogP contribution in [0.5, 0.6) is 0 Å². The van der Waals surface area contributed by atoms with Crippen molar-refractivity contribution in [2.75, 3.05) is 12.3 Å². The number of hydrogen-bond acceptors (Lipinski definition) is 3. The van der Waals surface area contributed by atoms with Gasteiger partial charge < -0.3 is 10.0 Å². The number of thioether (sulfide) groups is 1. The molecule has 2 unspecified atom stereocenters. The molecule has 0 radical (unpaired) electrons. The number of carbonyl (C=O) groups excluding carboxylic acids is 1. The molecule has 120 valence electrons. The third-order valence-corrected chi connectivity index (χ3v) is 5.20. The third kappa shape index (κ3) is 4.65. The number of carboxylic acids is 1. The largest absolute Gasteiger partial charge is 0.481 e. The minimum absolute atomic E-state index is 0.0254. The van der Waals surface area contributed by atoms with E-state index in [0.717, 1.165) is 17.7 Å². The van der Waals surface area contributed by atoms with Crippen LogP contribution < -0.4 is 0 Å². The molecule has 1 fully saturated rings. The molecule has 0 aromatic heterocycles. The molecule has 1 heterocycles. The van der Waals surface area contributed by atoms with E-state index in [2.05, 4.69) is 0 Å². The van der Waals surface area contributed by atoms with Gasteiger partial charge >= 0.3 is 5.97 Å². The lowest BCUT2D eigenvalue weighted by atomic mass is 9.93. The van der Waals surface area contributed by atoms with Crippen molar-refractivity contribution < 1.29 is 14.7 Å².